The Balaban J connectivity index is 2.05. The predicted octanol–water partition coefficient (Wildman–Crippen LogP) is 1.33. The van der Waals surface area contributed by atoms with E-state index in [1.165, 1.54) is 24.1 Å². The van der Waals surface area contributed by atoms with Gasteiger partial charge < -0.3 is 15.1 Å². The molecule has 0 bridgehead atoms. The lowest BCUT2D eigenvalue weighted by Crippen LogP contribution is -2.42. The Morgan fingerprint density at radius 2 is 2.11 bits per heavy atom. The van der Waals surface area contributed by atoms with E-state index in [2.05, 4.69) is 40.3 Å². The summed E-state index contributed by atoms with van der Waals surface area (Å²) < 4.78 is 0. The lowest BCUT2D eigenvalue weighted by Gasteiger charge is -2.37. The molecule has 100 valence electrons. The molecule has 0 aromatic carbocycles. The monoisotopic (exact) mass is 248 g/mol. The minimum Gasteiger partial charge on any atom is -0.370 e. The van der Waals surface area contributed by atoms with Crippen LogP contribution in [0.15, 0.2) is 18.5 Å². The molecule has 1 aromatic rings. The maximum absolute atomic E-state index is 4.28. The van der Waals surface area contributed by atoms with Crippen molar-refractivity contribution in [2.24, 2.45) is 0 Å². The smallest absolute Gasteiger partial charge is 0.0598 e. The second-order valence-corrected chi connectivity index (χ2v) is 5.22. The van der Waals surface area contributed by atoms with Crippen LogP contribution in [-0.2, 0) is 6.54 Å². The van der Waals surface area contributed by atoms with Gasteiger partial charge in [-0.1, -0.05) is 0 Å². The van der Waals surface area contributed by atoms with Gasteiger partial charge in [-0.3, -0.25) is 4.98 Å². The molecule has 18 heavy (non-hydrogen) atoms. The van der Waals surface area contributed by atoms with Crippen LogP contribution in [0.1, 0.15) is 18.4 Å². The van der Waals surface area contributed by atoms with E-state index in [1.807, 2.05) is 19.4 Å². The summed E-state index contributed by atoms with van der Waals surface area (Å²) in [5.41, 5.74) is 2.64. The molecule has 0 amide bonds. The molecule has 0 aliphatic carbocycles. The van der Waals surface area contributed by atoms with E-state index in [4.69, 9.17) is 0 Å². The van der Waals surface area contributed by atoms with Gasteiger partial charge in [0.1, 0.15) is 0 Å². The summed E-state index contributed by atoms with van der Waals surface area (Å²) in [6.45, 7) is 3.17. The van der Waals surface area contributed by atoms with Crippen LogP contribution in [0.3, 0.4) is 0 Å². The highest BCUT2D eigenvalue weighted by Crippen LogP contribution is 2.24. The zero-order chi connectivity index (χ0) is 13.0. The highest BCUT2D eigenvalue weighted by Gasteiger charge is 2.21. The van der Waals surface area contributed by atoms with E-state index in [9.17, 15) is 0 Å². The van der Waals surface area contributed by atoms with Crippen molar-refractivity contribution < 1.29 is 0 Å². The van der Waals surface area contributed by atoms with E-state index in [-0.39, 0.29) is 0 Å². The average Bonchev–Trinajstić information content (AvgIpc) is 2.40. The highest BCUT2D eigenvalue weighted by atomic mass is 15.2. The Labute approximate surface area is 110 Å². The number of hydrogen-bond acceptors (Lipinski definition) is 4. The molecular formula is C14H24N4. The number of piperidine rings is 1. The van der Waals surface area contributed by atoms with Gasteiger partial charge in [-0.05, 0) is 45.6 Å². The Morgan fingerprint density at radius 3 is 2.72 bits per heavy atom. The van der Waals surface area contributed by atoms with E-state index >= 15 is 0 Å². The lowest BCUT2D eigenvalue weighted by atomic mass is 10.0. The second-order valence-electron chi connectivity index (χ2n) is 5.22. The van der Waals surface area contributed by atoms with Crippen molar-refractivity contribution in [3.63, 3.8) is 0 Å². The molecule has 1 aliphatic rings. The first-order valence-electron chi connectivity index (χ1n) is 6.71. The quantitative estimate of drug-likeness (QED) is 0.871. The molecule has 0 radical (unpaired) electrons. The third kappa shape index (κ3) is 3.00. The normalized spacial score (nSPS) is 17.4. The molecule has 0 saturated carbocycles. The van der Waals surface area contributed by atoms with Crippen molar-refractivity contribution in [3.8, 4) is 0 Å². The average molecular weight is 248 g/mol. The largest absolute Gasteiger partial charge is 0.370 e. The topological polar surface area (TPSA) is 31.4 Å². The van der Waals surface area contributed by atoms with Crippen LogP contribution in [0, 0.1) is 0 Å². The summed E-state index contributed by atoms with van der Waals surface area (Å²) in [5, 5.41) is 3.23. The van der Waals surface area contributed by atoms with Gasteiger partial charge in [-0.25, -0.2) is 0 Å². The van der Waals surface area contributed by atoms with E-state index in [0.717, 1.165) is 25.7 Å². The number of aromatic nitrogens is 1. The van der Waals surface area contributed by atoms with Crippen LogP contribution in [0.2, 0.25) is 0 Å². The molecule has 2 rings (SSSR count). The first kappa shape index (κ1) is 13.3. The summed E-state index contributed by atoms with van der Waals surface area (Å²) in [6, 6.07) is 2.84. The van der Waals surface area contributed by atoms with Crippen LogP contribution in [0.5, 0.6) is 0 Å². The molecule has 4 nitrogen and oxygen atoms in total. The molecule has 1 aliphatic heterocycles. The van der Waals surface area contributed by atoms with Gasteiger partial charge in [0.25, 0.3) is 0 Å². The number of pyridine rings is 1. The number of nitrogens with one attached hydrogen (secondary N) is 1. The molecule has 0 spiro atoms. The van der Waals surface area contributed by atoms with Gasteiger partial charge in [0.05, 0.1) is 11.9 Å². The van der Waals surface area contributed by atoms with Gasteiger partial charge >= 0.3 is 0 Å². The Morgan fingerprint density at radius 1 is 1.39 bits per heavy atom. The fraction of sp³-hybridized carbons (Fsp3) is 0.643. The summed E-state index contributed by atoms with van der Waals surface area (Å²) >= 11 is 0. The first-order chi connectivity index (χ1) is 8.72. The molecule has 0 unspecified atom stereocenters. The second kappa shape index (κ2) is 6.16. The molecule has 1 aromatic heterocycles. The number of nitrogens with zero attached hydrogens (tertiary/aromatic N) is 3. The first-order valence-corrected chi connectivity index (χ1v) is 6.71. The summed E-state index contributed by atoms with van der Waals surface area (Å²) in [5.74, 6) is 0. The number of anilines is 1. The molecule has 0 atom stereocenters. The van der Waals surface area contributed by atoms with E-state index in [1.54, 1.807) is 0 Å². The number of rotatable bonds is 4. The standard InChI is InChI=1S/C14H24N4/c1-15-10-12-4-7-16-11-14(12)18-8-5-13(6-9-18)17(2)3/h4,7,11,13,15H,5-6,8-10H2,1-3H3. The van der Waals surface area contributed by atoms with Gasteiger partial charge in [0.15, 0.2) is 0 Å². The molecular weight excluding hydrogens is 224 g/mol. The van der Waals surface area contributed by atoms with Crippen LogP contribution in [0.25, 0.3) is 0 Å². The van der Waals surface area contributed by atoms with Gasteiger partial charge in [-0.15, -0.1) is 0 Å². The minimum atomic E-state index is 0.727. The SMILES string of the molecule is CNCc1ccncc1N1CCC(N(C)C)CC1. The third-order valence-electron chi connectivity index (χ3n) is 3.79. The zero-order valence-electron chi connectivity index (χ0n) is 11.7. The van der Waals surface area contributed by atoms with Crippen LogP contribution in [0.4, 0.5) is 5.69 Å². The van der Waals surface area contributed by atoms with Gasteiger partial charge in [0, 0.05) is 31.9 Å². The summed E-state index contributed by atoms with van der Waals surface area (Å²) in [6.07, 6.45) is 6.35. The number of hydrogen-bond donors (Lipinski definition) is 1. The van der Waals surface area contributed by atoms with Crippen molar-refractivity contribution in [1.29, 1.82) is 0 Å². The lowest BCUT2D eigenvalue weighted by molar-refractivity contribution is 0.249. The third-order valence-corrected chi connectivity index (χ3v) is 3.79. The molecule has 2 heterocycles. The zero-order valence-corrected chi connectivity index (χ0v) is 11.7. The van der Waals surface area contributed by atoms with Crippen LogP contribution < -0.4 is 10.2 Å². The maximum atomic E-state index is 4.28. The van der Waals surface area contributed by atoms with Crippen molar-refractivity contribution in [1.82, 2.24) is 15.2 Å². The summed E-state index contributed by atoms with van der Waals surface area (Å²) in [7, 11) is 6.34. The van der Waals surface area contributed by atoms with Gasteiger partial charge in [-0.2, -0.15) is 0 Å². The highest BCUT2D eigenvalue weighted by molar-refractivity contribution is 5.52. The Bertz CT molecular complexity index is 370. The van der Waals surface area contributed by atoms with Crippen molar-refractivity contribution in [2.75, 3.05) is 39.1 Å². The fourth-order valence-corrected chi connectivity index (χ4v) is 2.66. The fourth-order valence-electron chi connectivity index (χ4n) is 2.66. The summed E-state index contributed by atoms with van der Waals surface area (Å²) in [4.78, 5) is 9.09. The Kier molecular flexibility index (Phi) is 4.55. The van der Waals surface area contributed by atoms with Crippen LogP contribution >= 0.6 is 0 Å². The minimum absolute atomic E-state index is 0.727. The van der Waals surface area contributed by atoms with Crippen molar-refractivity contribution in [2.45, 2.75) is 25.4 Å². The van der Waals surface area contributed by atoms with Gasteiger partial charge in [0.2, 0.25) is 0 Å². The molecule has 4 heteroatoms. The predicted molar refractivity (Wildman–Crippen MR) is 75.9 cm³/mol. The molecule has 1 fully saturated rings. The van der Waals surface area contributed by atoms with E-state index in [0.29, 0.717) is 0 Å². The van der Waals surface area contributed by atoms with Crippen LogP contribution in [-0.4, -0.2) is 50.2 Å². The van der Waals surface area contributed by atoms with Crippen molar-refractivity contribution >= 4 is 5.69 Å². The maximum Gasteiger partial charge on any atom is 0.0598 e. The van der Waals surface area contributed by atoms with Crippen molar-refractivity contribution in [3.05, 3.63) is 24.0 Å². The Hall–Kier alpha value is -1.13. The molecule has 1 N–H and O–H groups in total. The van der Waals surface area contributed by atoms with E-state index < -0.39 is 0 Å². The molecule has 1 saturated heterocycles.